The smallest absolute Gasteiger partial charge is 0.333 e. The van der Waals surface area contributed by atoms with Gasteiger partial charge in [-0.05, 0) is 20.3 Å². The lowest BCUT2D eigenvalue weighted by Crippen LogP contribution is -2.05. The summed E-state index contributed by atoms with van der Waals surface area (Å²) in [7, 11) is 0. The Balaban J connectivity index is 0. The highest BCUT2D eigenvalue weighted by Crippen LogP contribution is 2.11. The van der Waals surface area contributed by atoms with E-state index in [1.165, 1.54) is 71.1 Å². The second kappa shape index (κ2) is 18.8. The van der Waals surface area contributed by atoms with E-state index in [0.29, 0.717) is 12.2 Å². The number of unbranched alkanes of at least 4 members (excludes halogenated alkanes) is 10. The summed E-state index contributed by atoms with van der Waals surface area (Å²) in [5.74, 6) is -1.19. The van der Waals surface area contributed by atoms with Crippen LogP contribution in [0.4, 0.5) is 0 Å². The van der Waals surface area contributed by atoms with Crippen LogP contribution in [0.3, 0.4) is 0 Å². The molecule has 1 N–H and O–H groups in total. The number of aliphatic carboxylic acids is 1. The Hall–Kier alpha value is -1.58. The summed E-state index contributed by atoms with van der Waals surface area (Å²) >= 11 is 0. The van der Waals surface area contributed by atoms with Crippen LogP contribution >= 0.6 is 0 Å². The van der Waals surface area contributed by atoms with Gasteiger partial charge in [0.15, 0.2) is 0 Å². The maximum atomic E-state index is 11.1. The van der Waals surface area contributed by atoms with Gasteiger partial charge in [-0.1, -0.05) is 84.3 Å². The second-order valence-corrected chi connectivity index (χ2v) is 6.54. The van der Waals surface area contributed by atoms with E-state index < -0.39 is 5.97 Å². The lowest BCUT2D eigenvalue weighted by molar-refractivity contribution is -0.139. The number of rotatable bonds is 14. The lowest BCUT2D eigenvalue weighted by atomic mass is 10.1. The molecule has 0 unspecified atom stereocenters. The van der Waals surface area contributed by atoms with Crippen molar-refractivity contribution in [3.8, 4) is 0 Å². The Bertz CT molecular complexity index is 373. The molecule has 0 amide bonds. The standard InChI is InChI=1S/C17H32O2.C4H6O2/c1-4-5-6-7-8-9-10-11-12-13-14-15-19-17(18)16(2)3;1-3(2)4(5)6/h2,4-15H2,1,3H3;1H2,2H3,(H,5,6). The Morgan fingerprint density at radius 1 is 0.760 bits per heavy atom. The van der Waals surface area contributed by atoms with Gasteiger partial charge in [0.05, 0.1) is 6.61 Å². The van der Waals surface area contributed by atoms with Crippen LogP contribution < -0.4 is 0 Å². The summed E-state index contributed by atoms with van der Waals surface area (Å²) in [6.07, 6.45) is 14.4. The van der Waals surface area contributed by atoms with Crippen molar-refractivity contribution in [1.82, 2.24) is 0 Å². The van der Waals surface area contributed by atoms with Crippen molar-refractivity contribution in [2.75, 3.05) is 6.61 Å². The topological polar surface area (TPSA) is 63.6 Å². The minimum atomic E-state index is -0.935. The normalized spacial score (nSPS) is 9.72. The van der Waals surface area contributed by atoms with Gasteiger partial charge < -0.3 is 9.84 Å². The van der Waals surface area contributed by atoms with Gasteiger partial charge in [0, 0.05) is 11.1 Å². The summed E-state index contributed by atoms with van der Waals surface area (Å²) in [6.45, 7) is 12.6. The number of ether oxygens (including phenoxy) is 1. The van der Waals surface area contributed by atoms with Crippen molar-refractivity contribution in [2.45, 2.75) is 91.4 Å². The van der Waals surface area contributed by atoms with Crippen molar-refractivity contribution >= 4 is 11.9 Å². The lowest BCUT2D eigenvalue weighted by Gasteiger charge is -2.04. The van der Waals surface area contributed by atoms with E-state index in [9.17, 15) is 9.59 Å². The van der Waals surface area contributed by atoms with Crippen molar-refractivity contribution < 1.29 is 19.4 Å². The van der Waals surface area contributed by atoms with E-state index in [1.54, 1.807) is 6.92 Å². The molecule has 0 saturated heterocycles. The molecule has 0 aliphatic rings. The molecule has 0 aromatic rings. The van der Waals surface area contributed by atoms with Gasteiger partial charge in [0.25, 0.3) is 0 Å². The molecule has 0 aliphatic carbocycles. The highest BCUT2D eigenvalue weighted by atomic mass is 16.5. The van der Waals surface area contributed by atoms with Crippen LogP contribution in [0, 0.1) is 0 Å². The van der Waals surface area contributed by atoms with Crippen molar-refractivity contribution in [3.05, 3.63) is 24.3 Å². The number of carbonyl (C=O) groups excluding carboxylic acids is 1. The van der Waals surface area contributed by atoms with E-state index in [2.05, 4.69) is 20.1 Å². The van der Waals surface area contributed by atoms with Gasteiger partial charge in [-0.15, -0.1) is 0 Å². The molecule has 0 heterocycles. The Morgan fingerprint density at radius 3 is 1.44 bits per heavy atom. The molecular formula is C21H38O4. The third kappa shape index (κ3) is 22.4. The van der Waals surface area contributed by atoms with Crippen LogP contribution in [0.2, 0.25) is 0 Å². The van der Waals surface area contributed by atoms with Gasteiger partial charge in [-0.2, -0.15) is 0 Å². The predicted molar refractivity (Wildman–Crippen MR) is 105 cm³/mol. The molecule has 4 nitrogen and oxygen atoms in total. The third-order valence-electron chi connectivity index (χ3n) is 3.69. The van der Waals surface area contributed by atoms with Crippen molar-refractivity contribution in [2.24, 2.45) is 0 Å². The third-order valence-corrected chi connectivity index (χ3v) is 3.69. The van der Waals surface area contributed by atoms with Crippen LogP contribution in [0.15, 0.2) is 24.3 Å². The molecule has 0 atom stereocenters. The summed E-state index contributed by atoms with van der Waals surface area (Å²) < 4.78 is 5.05. The van der Waals surface area contributed by atoms with Gasteiger partial charge in [-0.25, -0.2) is 9.59 Å². The minimum Gasteiger partial charge on any atom is -0.478 e. The quantitative estimate of drug-likeness (QED) is 0.234. The fourth-order valence-electron chi connectivity index (χ4n) is 2.05. The Kier molecular flexibility index (Phi) is 19.2. The first-order chi connectivity index (χ1) is 11.8. The van der Waals surface area contributed by atoms with E-state index in [0.717, 1.165) is 6.42 Å². The molecule has 0 radical (unpaired) electrons. The molecule has 0 rings (SSSR count). The fourth-order valence-corrected chi connectivity index (χ4v) is 2.05. The van der Waals surface area contributed by atoms with E-state index in [-0.39, 0.29) is 11.5 Å². The number of hydrogen-bond acceptors (Lipinski definition) is 3. The summed E-state index contributed by atoms with van der Waals surface area (Å²) in [5.41, 5.74) is 0.665. The zero-order valence-electron chi connectivity index (χ0n) is 16.6. The van der Waals surface area contributed by atoms with Crippen molar-refractivity contribution in [1.29, 1.82) is 0 Å². The summed E-state index contributed by atoms with van der Waals surface area (Å²) in [5, 5.41) is 7.89. The number of carboxylic acids is 1. The monoisotopic (exact) mass is 354 g/mol. The number of hydrogen-bond donors (Lipinski definition) is 1. The molecule has 146 valence electrons. The minimum absolute atomic E-state index is 0.176. The number of carboxylic acid groups (broad SMARTS) is 1. The maximum Gasteiger partial charge on any atom is 0.333 e. The zero-order valence-corrected chi connectivity index (χ0v) is 16.6. The summed E-state index contributed by atoms with van der Waals surface area (Å²) in [6, 6.07) is 0. The van der Waals surface area contributed by atoms with Crippen LogP contribution in [0.25, 0.3) is 0 Å². The van der Waals surface area contributed by atoms with Gasteiger partial charge in [0.1, 0.15) is 0 Å². The first-order valence-electron chi connectivity index (χ1n) is 9.54. The molecule has 0 aromatic heterocycles. The SMILES string of the molecule is C=C(C)C(=O)O.C=C(C)C(=O)OCCCCCCCCCCCCC. The maximum absolute atomic E-state index is 11.1. The number of carbonyl (C=O) groups is 2. The van der Waals surface area contributed by atoms with E-state index in [4.69, 9.17) is 9.84 Å². The van der Waals surface area contributed by atoms with Crippen LogP contribution in [-0.4, -0.2) is 23.7 Å². The molecule has 0 saturated carbocycles. The van der Waals surface area contributed by atoms with Gasteiger partial charge >= 0.3 is 11.9 Å². The van der Waals surface area contributed by atoms with E-state index in [1.807, 2.05) is 0 Å². The molecule has 0 fully saturated rings. The van der Waals surface area contributed by atoms with Gasteiger partial charge in [0.2, 0.25) is 0 Å². The van der Waals surface area contributed by atoms with Crippen molar-refractivity contribution in [3.63, 3.8) is 0 Å². The Morgan fingerprint density at radius 2 is 1.12 bits per heavy atom. The first-order valence-corrected chi connectivity index (χ1v) is 9.54. The molecule has 0 spiro atoms. The highest BCUT2D eigenvalue weighted by Gasteiger charge is 2.01. The zero-order chi connectivity index (χ0) is 19.5. The molecule has 25 heavy (non-hydrogen) atoms. The molecule has 4 heteroatoms. The van der Waals surface area contributed by atoms with Crippen LogP contribution in [0.5, 0.6) is 0 Å². The first kappa shape index (κ1) is 25.7. The van der Waals surface area contributed by atoms with E-state index >= 15 is 0 Å². The molecule has 0 aromatic carbocycles. The highest BCUT2D eigenvalue weighted by molar-refractivity contribution is 5.86. The molecule has 0 aliphatic heterocycles. The van der Waals surface area contributed by atoms with Crippen LogP contribution in [0.1, 0.15) is 91.4 Å². The van der Waals surface area contributed by atoms with Crippen LogP contribution in [-0.2, 0) is 14.3 Å². The average molecular weight is 355 g/mol. The second-order valence-electron chi connectivity index (χ2n) is 6.54. The fraction of sp³-hybridized carbons (Fsp3) is 0.714. The summed E-state index contributed by atoms with van der Waals surface area (Å²) in [4.78, 5) is 20.7. The number of esters is 1. The van der Waals surface area contributed by atoms with Gasteiger partial charge in [-0.3, -0.25) is 0 Å². The Labute approximate surface area is 154 Å². The largest absolute Gasteiger partial charge is 0.478 e. The average Bonchev–Trinajstić information content (AvgIpc) is 2.56. The molecular weight excluding hydrogens is 316 g/mol. The molecule has 0 bridgehead atoms. The predicted octanol–water partition coefficient (Wildman–Crippen LogP) is 6.06.